The molecule has 1 aromatic rings. The van der Waals surface area contributed by atoms with Crippen molar-refractivity contribution in [1.29, 1.82) is 5.26 Å². The van der Waals surface area contributed by atoms with Gasteiger partial charge in [0.25, 0.3) is 0 Å². The van der Waals surface area contributed by atoms with Gasteiger partial charge in [-0.25, -0.2) is 8.42 Å². The molecular formula is C13H18N2O3S. The highest BCUT2D eigenvalue weighted by atomic mass is 32.2. The molecular weight excluding hydrogens is 264 g/mol. The molecule has 1 aromatic carbocycles. The molecule has 0 bridgehead atoms. The Morgan fingerprint density at radius 1 is 1.37 bits per heavy atom. The Hall–Kier alpha value is -1.58. The van der Waals surface area contributed by atoms with Crippen LogP contribution in [-0.4, -0.2) is 33.1 Å². The van der Waals surface area contributed by atoms with Crippen molar-refractivity contribution in [2.75, 3.05) is 18.6 Å². The molecule has 1 unspecified atom stereocenters. The second kappa shape index (κ2) is 7.12. The van der Waals surface area contributed by atoms with E-state index < -0.39 is 9.84 Å². The summed E-state index contributed by atoms with van der Waals surface area (Å²) >= 11 is 0. The van der Waals surface area contributed by atoms with E-state index in [0.29, 0.717) is 12.3 Å². The van der Waals surface area contributed by atoms with Gasteiger partial charge in [-0.05, 0) is 24.6 Å². The van der Waals surface area contributed by atoms with Gasteiger partial charge >= 0.3 is 0 Å². The summed E-state index contributed by atoms with van der Waals surface area (Å²) in [5.74, 6) is 0.769. The van der Waals surface area contributed by atoms with Gasteiger partial charge in [-0.15, -0.1) is 0 Å². The van der Waals surface area contributed by atoms with Crippen LogP contribution in [0.4, 0.5) is 0 Å². The molecule has 6 heteroatoms. The Labute approximate surface area is 114 Å². The third kappa shape index (κ3) is 6.79. The number of nitrogens with one attached hydrogen (secondary N) is 1. The minimum absolute atomic E-state index is 0.0307. The summed E-state index contributed by atoms with van der Waals surface area (Å²) in [6.45, 7) is 2.46. The van der Waals surface area contributed by atoms with Crippen molar-refractivity contribution in [3.63, 3.8) is 0 Å². The molecule has 1 N–H and O–H groups in total. The zero-order chi connectivity index (χ0) is 14.3. The summed E-state index contributed by atoms with van der Waals surface area (Å²) in [4.78, 5) is 0. The normalized spacial score (nSPS) is 12.7. The molecule has 0 heterocycles. The van der Waals surface area contributed by atoms with Crippen LogP contribution in [0.15, 0.2) is 24.3 Å². The smallest absolute Gasteiger partial charge is 0.174 e. The lowest BCUT2D eigenvalue weighted by Gasteiger charge is -2.12. The Kier molecular flexibility index (Phi) is 5.80. The van der Waals surface area contributed by atoms with Crippen LogP contribution in [-0.2, 0) is 16.4 Å². The molecule has 0 aliphatic heterocycles. The third-order valence-electron chi connectivity index (χ3n) is 2.43. The van der Waals surface area contributed by atoms with E-state index in [1.54, 1.807) is 12.1 Å². The molecule has 0 saturated carbocycles. The van der Waals surface area contributed by atoms with Gasteiger partial charge in [0.05, 0.1) is 5.75 Å². The van der Waals surface area contributed by atoms with E-state index in [1.807, 2.05) is 25.1 Å². The summed E-state index contributed by atoms with van der Waals surface area (Å²) in [5, 5.41) is 11.5. The second-order valence-electron chi connectivity index (χ2n) is 4.47. The number of ether oxygens (including phenoxy) is 1. The second-order valence-corrected chi connectivity index (χ2v) is 6.65. The fourth-order valence-corrected chi connectivity index (χ4v) is 2.65. The lowest BCUT2D eigenvalue weighted by molar-refractivity contribution is 0.368. The molecule has 19 heavy (non-hydrogen) atoms. The Balaban J connectivity index is 2.44. The quantitative estimate of drug-likeness (QED) is 0.810. The van der Waals surface area contributed by atoms with Crippen molar-refractivity contribution in [2.24, 2.45) is 0 Å². The maximum absolute atomic E-state index is 11.1. The van der Waals surface area contributed by atoms with Crippen molar-refractivity contribution in [3.8, 4) is 11.8 Å². The summed E-state index contributed by atoms with van der Waals surface area (Å²) in [7, 11) is -2.96. The van der Waals surface area contributed by atoms with Gasteiger partial charge in [-0.3, -0.25) is 0 Å². The summed E-state index contributed by atoms with van der Waals surface area (Å²) in [6, 6.07) is 9.15. The van der Waals surface area contributed by atoms with Crippen molar-refractivity contribution in [1.82, 2.24) is 5.32 Å². The van der Waals surface area contributed by atoms with Gasteiger partial charge in [0.1, 0.15) is 21.7 Å². The Bertz CT molecular complexity index is 532. The van der Waals surface area contributed by atoms with Crippen LogP contribution in [0, 0.1) is 11.3 Å². The average molecular weight is 282 g/mol. The van der Waals surface area contributed by atoms with Gasteiger partial charge in [0.2, 0.25) is 0 Å². The fraction of sp³-hybridized carbons (Fsp3) is 0.462. The van der Waals surface area contributed by atoms with Gasteiger partial charge in [-0.2, -0.15) is 5.26 Å². The topological polar surface area (TPSA) is 79.2 Å². The predicted octanol–water partition coefficient (Wildman–Crippen LogP) is 1.11. The molecule has 0 amide bonds. The highest BCUT2D eigenvalue weighted by Crippen LogP contribution is 2.12. The molecule has 104 valence electrons. The minimum atomic E-state index is -2.96. The van der Waals surface area contributed by atoms with E-state index in [1.165, 1.54) is 6.26 Å². The van der Waals surface area contributed by atoms with E-state index >= 15 is 0 Å². The van der Waals surface area contributed by atoms with Crippen LogP contribution >= 0.6 is 0 Å². The van der Waals surface area contributed by atoms with E-state index in [-0.39, 0.29) is 18.4 Å². The third-order valence-corrected chi connectivity index (χ3v) is 3.54. The molecule has 0 saturated heterocycles. The van der Waals surface area contributed by atoms with Gasteiger partial charge in [0, 0.05) is 18.8 Å². The first-order valence-corrected chi connectivity index (χ1v) is 7.96. The SMILES string of the molecule is CC(CS(C)(=O)=O)NCc1ccc(OCC#N)cc1. The first-order chi connectivity index (χ1) is 8.90. The standard InChI is InChI=1S/C13H18N2O3S/c1-11(10-19(2,16)17)15-9-12-3-5-13(6-4-12)18-8-7-14/h3-6,11,15H,8-10H2,1-2H3. The van der Waals surface area contributed by atoms with Gasteiger partial charge in [-0.1, -0.05) is 12.1 Å². The molecule has 0 radical (unpaired) electrons. The lowest BCUT2D eigenvalue weighted by Crippen LogP contribution is -2.32. The van der Waals surface area contributed by atoms with Crippen LogP contribution in [0.1, 0.15) is 12.5 Å². The molecule has 0 aliphatic rings. The van der Waals surface area contributed by atoms with E-state index in [4.69, 9.17) is 10.00 Å². The highest BCUT2D eigenvalue weighted by molar-refractivity contribution is 7.90. The average Bonchev–Trinajstić information content (AvgIpc) is 2.33. The molecule has 0 aliphatic carbocycles. The van der Waals surface area contributed by atoms with Gasteiger partial charge < -0.3 is 10.1 Å². The van der Waals surface area contributed by atoms with E-state index in [0.717, 1.165) is 5.56 Å². The highest BCUT2D eigenvalue weighted by Gasteiger charge is 2.09. The van der Waals surface area contributed by atoms with Crippen molar-refractivity contribution in [2.45, 2.75) is 19.5 Å². The maximum Gasteiger partial charge on any atom is 0.174 e. The summed E-state index contributed by atoms with van der Waals surface area (Å²) in [5.41, 5.74) is 1.03. The number of hydrogen-bond acceptors (Lipinski definition) is 5. The van der Waals surface area contributed by atoms with Gasteiger partial charge in [0.15, 0.2) is 6.61 Å². The predicted molar refractivity (Wildman–Crippen MR) is 73.6 cm³/mol. The maximum atomic E-state index is 11.1. The number of benzene rings is 1. The van der Waals surface area contributed by atoms with Crippen molar-refractivity contribution < 1.29 is 13.2 Å². The van der Waals surface area contributed by atoms with Crippen LogP contribution < -0.4 is 10.1 Å². The van der Waals surface area contributed by atoms with Crippen LogP contribution in [0.25, 0.3) is 0 Å². The number of nitriles is 1. The lowest BCUT2D eigenvalue weighted by atomic mass is 10.2. The largest absolute Gasteiger partial charge is 0.479 e. The van der Waals surface area contributed by atoms with Crippen LogP contribution in [0.2, 0.25) is 0 Å². The minimum Gasteiger partial charge on any atom is -0.479 e. The van der Waals surface area contributed by atoms with Crippen LogP contribution in [0.3, 0.4) is 0 Å². The number of hydrogen-bond donors (Lipinski definition) is 1. The zero-order valence-electron chi connectivity index (χ0n) is 11.1. The van der Waals surface area contributed by atoms with Crippen molar-refractivity contribution >= 4 is 9.84 Å². The molecule has 1 atom stereocenters. The zero-order valence-corrected chi connectivity index (χ0v) is 11.9. The fourth-order valence-electron chi connectivity index (χ4n) is 1.62. The molecule has 0 aromatic heterocycles. The van der Waals surface area contributed by atoms with Crippen molar-refractivity contribution in [3.05, 3.63) is 29.8 Å². The van der Waals surface area contributed by atoms with E-state index in [9.17, 15) is 8.42 Å². The molecule has 0 spiro atoms. The Morgan fingerprint density at radius 3 is 2.53 bits per heavy atom. The summed E-state index contributed by atoms with van der Waals surface area (Å²) in [6.07, 6.45) is 1.23. The summed E-state index contributed by atoms with van der Waals surface area (Å²) < 4.78 is 27.4. The number of nitrogens with zero attached hydrogens (tertiary/aromatic N) is 1. The molecule has 0 fully saturated rings. The monoisotopic (exact) mass is 282 g/mol. The number of sulfone groups is 1. The molecule has 1 rings (SSSR count). The first kappa shape index (κ1) is 15.5. The first-order valence-electron chi connectivity index (χ1n) is 5.90. The Morgan fingerprint density at radius 2 is 2.00 bits per heavy atom. The molecule has 5 nitrogen and oxygen atoms in total. The number of rotatable bonds is 7. The van der Waals surface area contributed by atoms with E-state index in [2.05, 4.69) is 5.32 Å². The van der Waals surface area contributed by atoms with Crippen LogP contribution in [0.5, 0.6) is 5.75 Å².